The van der Waals surface area contributed by atoms with Crippen LogP contribution in [0.25, 0.3) is 0 Å². The van der Waals surface area contributed by atoms with Crippen molar-refractivity contribution in [3.63, 3.8) is 0 Å². The number of halogens is 3. The Morgan fingerprint density at radius 3 is 1.89 bits per heavy atom. The predicted molar refractivity (Wildman–Crippen MR) is 128 cm³/mol. The highest BCUT2D eigenvalue weighted by molar-refractivity contribution is 7.93. The molecule has 0 saturated carbocycles. The average molecular weight is 508 g/mol. The van der Waals surface area contributed by atoms with Crippen LogP contribution in [0.15, 0.2) is 65.6 Å². The average Bonchev–Trinajstić information content (AvgIpc) is 3.26. The van der Waals surface area contributed by atoms with Crippen LogP contribution in [0.1, 0.15) is 5.56 Å². The van der Waals surface area contributed by atoms with Gasteiger partial charge in [0.1, 0.15) is 5.56 Å². The summed E-state index contributed by atoms with van der Waals surface area (Å²) in [5, 5.41) is 0. The number of nitrogens with zero attached hydrogens (tertiary/aromatic N) is 3. The number of anilines is 4. The van der Waals surface area contributed by atoms with Gasteiger partial charge in [0.15, 0.2) is 11.5 Å². The molecule has 0 unspecified atom stereocenters. The van der Waals surface area contributed by atoms with E-state index in [9.17, 15) is 21.6 Å². The number of rotatable bonds is 6. The van der Waals surface area contributed by atoms with Crippen LogP contribution in [-0.4, -0.2) is 43.4 Å². The van der Waals surface area contributed by atoms with Gasteiger partial charge in [-0.3, -0.25) is 0 Å². The molecular weight excluding hydrogens is 483 g/mol. The number of ether oxygens (including phenoxy) is 2. The van der Waals surface area contributed by atoms with Gasteiger partial charge in [0.2, 0.25) is 6.79 Å². The van der Waals surface area contributed by atoms with Gasteiger partial charge in [0, 0.05) is 34.3 Å². The number of benzene rings is 3. The lowest BCUT2D eigenvalue weighted by Gasteiger charge is -2.30. The quantitative estimate of drug-likeness (QED) is 0.463. The van der Waals surface area contributed by atoms with Gasteiger partial charge in [-0.25, -0.2) is 12.7 Å². The Balaban J connectivity index is 2.03. The summed E-state index contributed by atoms with van der Waals surface area (Å²) in [7, 11) is 1.67. The van der Waals surface area contributed by atoms with Crippen LogP contribution in [0.4, 0.5) is 35.9 Å². The van der Waals surface area contributed by atoms with Crippen molar-refractivity contribution in [2.24, 2.45) is 0 Å². The molecule has 0 saturated heterocycles. The molecule has 0 amide bonds. The van der Waals surface area contributed by atoms with E-state index in [0.717, 1.165) is 4.31 Å². The second-order valence-electron chi connectivity index (χ2n) is 8.27. The molecule has 3 aromatic rings. The Labute approximate surface area is 201 Å². The first-order valence-electron chi connectivity index (χ1n) is 10.5. The van der Waals surface area contributed by atoms with Gasteiger partial charge in [-0.2, -0.15) is 13.2 Å². The van der Waals surface area contributed by atoms with Crippen LogP contribution in [0.5, 0.6) is 11.5 Å². The van der Waals surface area contributed by atoms with E-state index in [2.05, 4.69) is 0 Å². The zero-order valence-corrected chi connectivity index (χ0v) is 20.3. The van der Waals surface area contributed by atoms with E-state index in [1.54, 1.807) is 24.3 Å². The van der Waals surface area contributed by atoms with Crippen molar-refractivity contribution in [3.05, 3.63) is 66.2 Å². The lowest BCUT2D eigenvalue weighted by atomic mass is 10.1. The molecule has 0 radical (unpaired) electrons. The summed E-state index contributed by atoms with van der Waals surface area (Å²) in [5.41, 5.74) is -0.986. The van der Waals surface area contributed by atoms with Gasteiger partial charge >= 0.3 is 6.18 Å². The summed E-state index contributed by atoms with van der Waals surface area (Å²) in [4.78, 5) is 2.61. The summed E-state index contributed by atoms with van der Waals surface area (Å²) in [6, 6.07) is 14.7. The molecule has 35 heavy (non-hydrogen) atoms. The highest BCUT2D eigenvalue weighted by atomic mass is 32.2. The van der Waals surface area contributed by atoms with Crippen LogP contribution in [-0.2, 0) is 16.2 Å². The van der Waals surface area contributed by atoms with E-state index >= 15 is 0 Å². The zero-order valence-electron chi connectivity index (χ0n) is 19.5. The van der Waals surface area contributed by atoms with Gasteiger partial charge in [-0.15, -0.1) is 0 Å². The molecule has 0 aromatic heterocycles. The molecule has 186 valence electrons. The van der Waals surface area contributed by atoms with Crippen LogP contribution in [0.3, 0.4) is 0 Å². The molecule has 1 heterocycles. The normalized spacial score (nSPS) is 13.0. The third-order valence-electron chi connectivity index (χ3n) is 5.44. The molecule has 0 N–H and O–H groups in total. The van der Waals surface area contributed by atoms with Crippen LogP contribution in [0, 0.1) is 0 Å². The van der Waals surface area contributed by atoms with Gasteiger partial charge in [0.25, 0.3) is 10.0 Å². The fraction of sp³-hybridized carbons (Fsp3) is 0.250. The number of alkyl halides is 3. The first kappa shape index (κ1) is 24.5. The van der Waals surface area contributed by atoms with E-state index in [4.69, 9.17) is 9.47 Å². The zero-order chi connectivity index (χ0) is 25.5. The maximum Gasteiger partial charge on any atom is 0.420 e. The topological polar surface area (TPSA) is 62.3 Å². The molecule has 0 spiro atoms. The first-order chi connectivity index (χ1) is 16.4. The summed E-state index contributed by atoms with van der Waals surface area (Å²) < 4.78 is 81.9. The van der Waals surface area contributed by atoms with Crippen molar-refractivity contribution >= 4 is 32.8 Å². The molecule has 0 fully saturated rings. The fourth-order valence-electron chi connectivity index (χ4n) is 3.85. The highest BCUT2D eigenvalue weighted by Gasteiger charge is 2.39. The summed E-state index contributed by atoms with van der Waals surface area (Å²) in [6.45, 7) is -0.0138. The Kier molecular flexibility index (Phi) is 6.22. The molecule has 3 aromatic carbocycles. The van der Waals surface area contributed by atoms with Gasteiger partial charge in [0.05, 0.1) is 27.6 Å². The van der Waals surface area contributed by atoms with E-state index in [1.165, 1.54) is 74.4 Å². The van der Waals surface area contributed by atoms with Gasteiger partial charge in [-0.05, 0) is 36.4 Å². The number of hydrogen-bond donors (Lipinski definition) is 0. The molecule has 7 nitrogen and oxygen atoms in total. The third-order valence-corrected chi connectivity index (χ3v) is 7.21. The van der Waals surface area contributed by atoms with E-state index in [0.29, 0.717) is 11.5 Å². The van der Waals surface area contributed by atoms with Crippen LogP contribution < -0.4 is 23.6 Å². The second kappa shape index (κ2) is 8.88. The van der Waals surface area contributed by atoms with Crippen LogP contribution in [0.2, 0.25) is 0 Å². The molecule has 11 heteroatoms. The Morgan fingerprint density at radius 1 is 0.771 bits per heavy atom. The summed E-state index contributed by atoms with van der Waals surface area (Å²) >= 11 is 0. The maximum absolute atomic E-state index is 14.1. The SMILES string of the molecule is CN(C)c1cc(N(c2ccc3c(c2)OCO3)S(=O)(=O)c2ccccc2)cc(N(C)C)c1C(F)(F)F. The lowest BCUT2D eigenvalue weighted by molar-refractivity contribution is -0.136. The lowest BCUT2D eigenvalue weighted by Crippen LogP contribution is -2.28. The smallest absolute Gasteiger partial charge is 0.420 e. The molecule has 0 aliphatic carbocycles. The van der Waals surface area contributed by atoms with Crippen molar-refractivity contribution in [3.8, 4) is 11.5 Å². The Hall–Kier alpha value is -3.60. The van der Waals surface area contributed by atoms with Gasteiger partial charge in [-0.1, -0.05) is 18.2 Å². The van der Waals surface area contributed by atoms with Gasteiger partial charge < -0.3 is 19.3 Å². The van der Waals surface area contributed by atoms with Crippen molar-refractivity contribution in [1.82, 2.24) is 0 Å². The molecule has 0 atom stereocenters. The number of hydrogen-bond acceptors (Lipinski definition) is 6. The van der Waals surface area contributed by atoms with Crippen molar-refractivity contribution < 1.29 is 31.1 Å². The summed E-state index contributed by atoms with van der Waals surface area (Å²) in [6.07, 6.45) is -4.67. The largest absolute Gasteiger partial charge is 0.454 e. The first-order valence-corrected chi connectivity index (χ1v) is 11.9. The Bertz CT molecular complexity index is 1310. The molecule has 1 aliphatic rings. The Morgan fingerprint density at radius 2 is 1.34 bits per heavy atom. The predicted octanol–water partition coefficient (Wildman–Crippen LogP) is 5.09. The van der Waals surface area contributed by atoms with Crippen molar-refractivity contribution in [1.29, 1.82) is 0 Å². The second-order valence-corrected chi connectivity index (χ2v) is 10.1. The van der Waals surface area contributed by atoms with Crippen molar-refractivity contribution in [2.45, 2.75) is 11.1 Å². The molecule has 1 aliphatic heterocycles. The standard InChI is InChI=1S/C24H24F3N3O4S/c1-28(2)19-12-17(13-20(29(3)4)23(19)24(25,26)27)30(35(31,32)18-8-6-5-7-9-18)16-10-11-21-22(14-16)34-15-33-21/h5-14H,15H2,1-4H3. The maximum atomic E-state index is 14.1. The monoisotopic (exact) mass is 507 g/mol. The van der Waals surface area contributed by atoms with Crippen LogP contribution >= 0.6 is 0 Å². The minimum Gasteiger partial charge on any atom is -0.454 e. The molecular formula is C24H24F3N3O4S. The summed E-state index contributed by atoms with van der Waals surface area (Å²) in [5.74, 6) is 0.782. The third kappa shape index (κ3) is 4.55. The number of sulfonamides is 1. The minimum atomic E-state index is -4.67. The highest BCUT2D eigenvalue weighted by Crippen LogP contribution is 2.47. The minimum absolute atomic E-state index is 0.0138. The molecule has 4 rings (SSSR count). The fourth-order valence-corrected chi connectivity index (χ4v) is 5.33. The van der Waals surface area contributed by atoms with E-state index in [-0.39, 0.29) is 34.4 Å². The van der Waals surface area contributed by atoms with Crippen molar-refractivity contribution in [2.75, 3.05) is 49.1 Å². The van der Waals surface area contributed by atoms with E-state index in [1.807, 2.05) is 0 Å². The number of fused-ring (bicyclic) bond motifs is 1. The van der Waals surface area contributed by atoms with E-state index < -0.39 is 21.8 Å². The molecule has 0 bridgehead atoms.